The topological polar surface area (TPSA) is 89.8 Å². The predicted octanol–water partition coefficient (Wildman–Crippen LogP) is 1.26. The number of nitrogens with one attached hydrogen (secondary N) is 1. The summed E-state index contributed by atoms with van der Waals surface area (Å²) < 4.78 is 0. The highest BCUT2D eigenvalue weighted by Gasteiger charge is 2.19. The van der Waals surface area contributed by atoms with Gasteiger partial charge in [-0.25, -0.2) is 10.4 Å². The van der Waals surface area contributed by atoms with Crippen LogP contribution in [-0.2, 0) is 0 Å². The van der Waals surface area contributed by atoms with Crippen LogP contribution in [0.4, 0.5) is 5.82 Å². The van der Waals surface area contributed by atoms with Crippen molar-refractivity contribution in [3.63, 3.8) is 0 Å². The smallest absolute Gasteiger partial charge is 0.128 e. The van der Waals surface area contributed by atoms with Gasteiger partial charge >= 0.3 is 0 Å². The van der Waals surface area contributed by atoms with Crippen LogP contribution in [0.15, 0.2) is 36.7 Å². The molecule has 5 nitrogen and oxygen atoms in total. The molecule has 0 spiro atoms. The molecule has 88 valence electrons. The SMILES string of the molecule is NNC(c1cccnc1N)c1ncccc1Cl. The molecule has 2 aromatic rings. The summed E-state index contributed by atoms with van der Waals surface area (Å²) >= 11 is 6.08. The number of halogens is 1. The molecule has 0 aliphatic heterocycles. The van der Waals surface area contributed by atoms with Gasteiger partial charge in [0.2, 0.25) is 0 Å². The van der Waals surface area contributed by atoms with Crippen molar-refractivity contribution in [1.82, 2.24) is 15.4 Å². The zero-order chi connectivity index (χ0) is 12.3. The molecular formula is C11H12ClN5. The molecule has 2 heterocycles. The second-order valence-electron chi connectivity index (χ2n) is 3.45. The normalized spacial score (nSPS) is 12.4. The molecule has 0 saturated carbocycles. The Labute approximate surface area is 104 Å². The fourth-order valence-corrected chi connectivity index (χ4v) is 1.83. The molecule has 6 heteroatoms. The summed E-state index contributed by atoms with van der Waals surface area (Å²) in [5.41, 5.74) is 9.82. The molecule has 0 aromatic carbocycles. The maximum atomic E-state index is 6.08. The Balaban J connectivity index is 2.48. The summed E-state index contributed by atoms with van der Waals surface area (Å²) in [6.07, 6.45) is 3.27. The van der Waals surface area contributed by atoms with E-state index < -0.39 is 0 Å². The first-order valence-electron chi connectivity index (χ1n) is 5.01. The summed E-state index contributed by atoms with van der Waals surface area (Å²) in [6.45, 7) is 0. The van der Waals surface area contributed by atoms with Gasteiger partial charge in [0.25, 0.3) is 0 Å². The Morgan fingerprint density at radius 2 is 1.88 bits per heavy atom. The van der Waals surface area contributed by atoms with E-state index in [2.05, 4.69) is 15.4 Å². The third kappa shape index (κ3) is 2.36. The van der Waals surface area contributed by atoms with Crippen LogP contribution in [0.3, 0.4) is 0 Å². The highest BCUT2D eigenvalue weighted by Crippen LogP contribution is 2.27. The summed E-state index contributed by atoms with van der Waals surface area (Å²) in [7, 11) is 0. The number of pyridine rings is 2. The molecule has 0 bridgehead atoms. The van der Waals surface area contributed by atoms with E-state index in [1.54, 1.807) is 30.6 Å². The van der Waals surface area contributed by atoms with Crippen LogP contribution in [0.1, 0.15) is 17.3 Å². The quantitative estimate of drug-likeness (QED) is 0.563. The lowest BCUT2D eigenvalue weighted by atomic mass is 10.0. The van der Waals surface area contributed by atoms with Gasteiger partial charge in [-0.15, -0.1) is 0 Å². The second kappa shape index (κ2) is 5.09. The minimum Gasteiger partial charge on any atom is -0.383 e. The first-order chi connectivity index (χ1) is 8.24. The molecular weight excluding hydrogens is 238 g/mol. The molecule has 17 heavy (non-hydrogen) atoms. The molecule has 5 N–H and O–H groups in total. The lowest BCUT2D eigenvalue weighted by Crippen LogP contribution is -2.30. The van der Waals surface area contributed by atoms with Gasteiger partial charge in [0.05, 0.1) is 16.8 Å². The van der Waals surface area contributed by atoms with Crippen molar-refractivity contribution in [2.24, 2.45) is 5.84 Å². The van der Waals surface area contributed by atoms with E-state index in [9.17, 15) is 0 Å². The van der Waals surface area contributed by atoms with Crippen molar-refractivity contribution in [3.05, 3.63) is 52.9 Å². The van der Waals surface area contributed by atoms with E-state index >= 15 is 0 Å². The lowest BCUT2D eigenvalue weighted by molar-refractivity contribution is 0.621. The molecule has 0 aliphatic rings. The predicted molar refractivity (Wildman–Crippen MR) is 67.1 cm³/mol. The fraction of sp³-hybridized carbons (Fsp3) is 0.0909. The second-order valence-corrected chi connectivity index (χ2v) is 3.86. The zero-order valence-electron chi connectivity index (χ0n) is 8.97. The van der Waals surface area contributed by atoms with Crippen molar-refractivity contribution in [3.8, 4) is 0 Å². The number of hydrogen-bond acceptors (Lipinski definition) is 5. The molecule has 1 unspecified atom stereocenters. The van der Waals surface area contributed by atoms with Crippen LogP contribution in [0, 0.1) is 0 Å². The Morgan fingerprint density at radius 1 is 1.18 bits per heavy atom. The van der Waals surface area contributed by atoms with Crippen molar-refractivity contribution in [2.75, 3.05) is 5.73 Å². The first kappa shape index (κ1) is 11.8. The minimum absolute atomic E-state index is 0.377. The van der Waals surface area contributed by atoms with Gasteiger partial charge in [-0.1, -0.05) is 17.7 Å². The lowest BCUT2D eigenvalue weighted by Gasteiger charge is -2.17. The van der Waals surface area contributed by atoms with Gasteiger partial charge in [0.15, 0.2) is 0 Å². The van der Waals surface area contributed by atoms with Gasteiger partial charge in [-0.2, -0.15) is 0 Å². The highest BCUT2D eigenvalue weighted by atomic mass is 35.5. The Hall–Kier alpha value is -1.69. The fourth-order valence-electron chi connectivity index (χ4n) is 1.60. The van der Waals surface area contributed by atoms with E-state index in [-0.39, 0.29) is 6.04 Å². The van der Waals surface area contributed by atoms with E-state index in [1.165, 1.54) is 0 Å². The van der Waals surface area contributed by atoms with E-state index in [1.807, 2.05) is 6.07 Å². The Bertz CT molecular complexity index is 471. The molecule has 0 amide bonds. The summed E-state index contributed by atoms with van der Waals surface area (Å²) in [5.74, 6) is 5.94. The number of hydrazine groups is 1. The largest absolute Gasteiger partial charge is 0.383 e. The van der Waals surface area contributed by atoms with Gasteiger partial charge in [-0.3, -0.25) is 10.8 Å². The van der Waals surface area contributed by atoms with Crippen molar-refractivity contribution < 1.29 is 0 Å². The Kier molecular flexibility index (Phi) is 3.53. The van der Waals surface area contributed by atoms with Crippen LogP contribution >= 0.6 is 11.6 Å². The van der Waals surface area contributed by atoms with E-state index in [4.69, 9.17) is 23.2 Å². The first-order valence-corrected chi connectivity index (χ1v) is 5.38. The summed E-state index contributed by atoms with van der Waals surface area (Å²) in [5, 5.41) is 0.527. The average molecular weight is 250 g/mol. The van der Waals surface area contributed by atoms with Crippen molar-refractivity contribution in [1.29, 1.82) is 0 Å². The number of nitrogen functional groups attached to an aromatic ring is 1. The van der Waals surface area contributed by atoms with Crippen LogP contribution in [-0.4, -0.2) is 9.97 Å². The van der Waals surface area contributed by atoms with Gasteiger partial charge in [-0.05, 0) is 18.2 Å². The summed E-state index contributed by atoms with van der Waals surface area (Å²) in [4.78, 5) is 8.22. The standard InChI is InChI=1S/C11H12ClN5/c12-8-4-2-5-15-10(8)9(17-14)7-3-1-6-16-11(7)13/h1-6,9,17H,14H2,(H2,13,16). The van der Waals surface area contributed by atoms with Crippen LogP contribution in [0.25, 0.3) is 0 Å². The van der Waals surface area contributed by atoms with E-state index in [0.29, 0.717) is 16.5 Å². The van der Waals surface area contributed by atoms with Gasteiger partial charge in [0.1, 0.15) is 5.82 Å². The van der Waals surface area contributed by atoms with Crippen LogP contribution < -0.4 is 17.0 Å². The number of anilines is 1. The van der Waals surface area contributed by atoms with Crippen LogP contribution in [0.2, 0.25) is 5.02 Å². The van der Waals surface area contributed by atoms with Crippen molar-refractivity contribution in [2.45, 2.75) is 6.04 Å². The Morgan fingerprint density at radius 3 is 2.53 bits per heavy atom. The number of nitrogens with two attached hydrogens (primary N) is 2. The number of rotatable bonds is 3. The van der Waals surface area contributed by atoms with Crippen LogP contribution in [0.5, 0.6) is 0 Å². The van der Waals surface area contributed by atoms with Crippen molar-refractivity contribution >= 4 is 17.4 Å². The molecule has 2 rings (SSSR count). The number of nitrogens with zero attached hydrogens (tertiary/aromatic N) is 2. The summed E-state index contributed by atoms with van der Waals surface area (Å²) in [6, 6.07) is 6.75. The monoisotopic (exact) mass is 249 g/mol. The number of aromatic nitrogens is 2. The van der Waals surface area contributed by atoms with Gasteiger partial charge < -0.3 is 5.73 Å². The third-order valence-electron chi connectivity index (χ3n) is 2.41. The van der Waals surface area contributed by atoms with Gasteiger partial charge in [0, 0.05) is 18.0 Å². The molecule has 0 radical (unpaired) electrons. The molecule has 0 fully saturated rings. The maximum absolute atomic E-state index is 6.08. The maximum Gasteiger partial charge on any atom is 0.128 e. The average Bonchev–Trinajstić information content (AvgIpc) is 2.34. The molecule has 1 atom stereocenters. The van der Waals surface area contributed by atoms with E-state index in [0.717, 1.165) is 5.56 Å². The number of hydrogen-bond donors (Lipinski definition) is 3. The third-order valence-corrected chi connectivity index (χ3v) is 2.73. The molecule has 0 aliphatic carbocycles. The minimum atomic E-state index is -0.377. The highest BCUT2D eigenvalue weighted by molar-refractivity contribution is 6.31. The molecule has 0 saturated heterocycles. The molecule has 2 aromatic heterocycles. The zero-order valence-corrected chi connectivity index (χ0v) is 9.72.